The molecule has 1 N–H and O–H groups in total. The Labute approximate surface area is 126 Å². The maximum atomic E-state index is 12.4. The predicted octanol–water partition coefficient (Wildman–Crippen LogP) is 2.45. The third kappa shape index (κ3) is 3.97. The van der Waals surface area contributed by atoms with Crippen LogP contribution in [0.3, 0.4) is 0 Å². The molecule has 0 aliphatic carbocycles. The van der Waals surface area contributed by atoms with E-state index in [4.69, 9.17) is 9.84 Å². The fourth-order valence-electron chi connectivity index (χ4n) is 2.88. The van der Waals surface area contributed by atoms with E-state index in [9.17, 15) is 4.79 Å². The van der Waals surface area contributed by atoms with Crippen LogP contribution in [0.25, 0.3) is 0 Å². The Morgan fingerprint density at radius 3 is 2.95 bits per heavy atom. The standard InChI is InChI=1S/C17H25NO3/c1-13-6-5-8-16(14(13)2)21-12-17(20)18-10-4-3-7-15(18)9-11-19/h5-6,8,15,19H,3-4,7,9-12H2,1-2H3. The van der Waals surface area contributed by atoms with Gasteiger partial charge in [-0.05, 0) is 56.7 Å². The highest BCUT2D eigenvalue weighted by Crippen LogP contribution is 2.22. The molecule has 1 aliphatic rings. The first-order valence-electron chi connectivity index (χ1n) is 7.73. The summed E-state index contributed by atoms with van der Waals surface area (Å²) in [5.41, 5.74) is 2.24. The van der Waals surface area contributed by atoms with Crippen LogP contribution in [0.4, 0.5) is 0 Å². The van der Waals surface area contributed by atoms with Crippen molar-refractivity contribution in [2.45, 2.75) is 45.6 Å². The maximum Gasteiger partial charge on any atom is 0.260 e. The topological polar surface area (TPSA) is 49.8 Å². The number of aliphatic hydroxyl groups excluding tert-OH is 1. The van der Waals surface area contributed by atoms with Gasteiger partial charge >= 0.3 is 0 Å². The van der Waals surface area contributed by atoms with Crippen LogP contribution in [-0.4, -0.2) is 41.7 Å². The number of amides is 1. The van der Waals surface area contributed by atoms with Gasteiger partial charge in [0.2, 0.25) is 0 Å². The second kappa shape index (κ2) is 7.46. The van der Waals surface area contributed by atoms with E-state index in [0.29, 0.717) is 6.42 Å². The molecule has 21 heavy (non-hydrogen) atoms. The van der Waals surface area contributed by atoms with Crippen LogP contribution in [-0.2, 0) is 4.79 Å². The third-order valence-electron chi connectivity index (χ3n) is 4.32. The number of aliphatic hydroxyl groups is 1. The van der Waals surface area contributed by atoms with Crippen molar-refractivity contribution in [3.63, 3.8) is 0 Å². The molecule has 116 valence electrons. The molecule has 1 aromatic carbocycles. The van der Waals surface area contributed by atoms with E-state index in [-0.39, 0.29) is 25.2 Å². The number of benzene rings is 1. The summed E-state index contributed by atoms with van der Waals surface area (Å²) in [5.74, 6) is 0.799. The van der Waals surface area contributed by atoms with Crippen molar-refractivity contribution in [3.05, 3.63) is 29.3 Å². The van der Waals surface area contributed by atoms with E-state index in [0.717, 1.165) is 42.7 Å². The second-order valence-electron chi connectivity index (χ2n) is 5.74. The van der Waals surface area contributed by atoms with E-state index in [1.54, 1.807) is 0 Å². The molecule has 4 nitrogen and oxygen atoms in total. The first kappa shape index (κ1) is 15.8. The molecule has 0 aromatic heterocycles. The van der Waals surface area contributed by atoms with Crippen molar-refractivity contribution >= 4 is 5.91 Å². The number of aryl methyl sites for hydroxylation is 1. The Kier molecular flexibility index (Phi) is 5.62. The highest BCUT2D eigenvalue weighted by Gasteiger charge is 2.26. The highest BCUT2D eigenvalue weighted by atomic mass is 16.5. The molecule has 1 saturated heterocycles. The normalized spacial score (nSPS) is 18.6. The second-order valence-corrected chi connectivity index (χ2v) is 5.74. The molecule has 2 rings (SSSR count). The molecule has 1 unspecified atom stereocenters. The number of hydrogen-bond donors (Lipinski definition) is 1. The van der Waals surface area contributed by atoms with E-state index in [1.807, 2.05) is 36.9 Å². The van der Waals surface area contributed by atoms with Gasteiger partial charge in [-0.1, -0.05) is 12.1 Å². The molecule has 1 aromatic rings. The number of rotatable bonds is 5. The molecule has 1 amide bonds. The molecule has 1 fully saturated rings. The van der Waals surface area contributed by atoms with Gasteiger partial charge in [0, 0.05) is 19.2 Å². The Balaban J connectivity index is 1.95. The summed E-state index contributed by atoms with van der Waals surface area (Å²) in [4.78, 5) is 14.3. The first-order valence-corrected chi connectivity index (χ1v) is 7.73. The van der Waals surface area contributed by atoms with Crippen LogP contribution in [0.5, 0.6) is 5.75 Å². The van der Waals surface area contributed by atoms with E-state index >= 15 is 0 Å². The maximum absolute atomic E-state index is 12.4. The average molecular weight is 291 g/mol. The van der Waals surface area contributed by atoms with Crippen molar-refractivity contribution in [1.29, 1.82) is 0 Å². The van der Waals surface area contributed by atoms with E-state index < -0.39 is 0 Å². The zero-order chi connectivity index (χ0) is 15.2. The largest absolute Gasteiger partial charge is 0.483 e. The molecule has 4 heteroatoms. The minimum absolute atomic E-state index is 0.0223. The number of piperidine rings is 1. The highest BCUT2D eigenvalue weighted by molar-refractivity contribution is 5.78. The molecule has 1 heterocycles. The zero-order valence-corrected chi connectivity index (χ0v) is 13.0. The van der Waals surface area contributed by atoms with Crippen LogP contribution in [0, 0.1) is 13.8 Å². The summed E-state index contributed by atoms with van der Waals surface area (Å²) >= 11 is 0. The first-order chi connectivity index (χ1) is 10.1. The van der Waals surface area contributed by atoms with Gasteiger partial charge in [-0.2, -0.15) is 0 Å². The van der Waals surface area contributed by atoms with Gasteiger partial charge < -0.3 is 14.7 Å². The number of carbonyl (C=O) groups is 1. The van der Waals surface area contributed by atoms with Crippen molar-refractivity contribution in [2.75, 3.05) is 19.8 Å². The monoisotopic (exact) mass is 291 g/mol. The number of hydrogen-bond acceptors (Lipinski definition) is 3. The molecule has 0 bridgehead atoms. The number of likely N-dealkylation sites (tertiary alicyclic amines) is 1. The summed E-state index contributed by atoms with van der Waals surface area (Å²) in [5, 5.41) is 9.12. The lowest BCUT2D eigenvalue weighted by Crippen LogP contribution is -2.46. The van der Waals surface area contributed by atoms with Crippen LogP contribution in [0.2, 0.25) is 0 Å². The van der Waals surface area contributed by atoms with Crippen LogP contribution < -0.4 is 4.74 Å². The fourth-order valence-corrected chi connectivity index (χ4v) is 2.88. The SMILES string of the molecule is Cc1cccc(OCC(=O)N2CCCCC2CCO)c1C. The van der Waals surface area contributed by atoms with Crippen molar-refractivity contribution in [3.8, 4) is 5.75 Å². The summed E-state index contributed by atoms with van der Waals surface area (Å²) < 4.78 is 5.71. The Hall–Kier alpha value is -1.55. The summed E-state index contributed by atoms with van der Waals surface area (Å²) in [6.45, 7) is 5.02. The molecule has 0 spiro atoms. The van der Waals surface area contributed by atoms with Gasteiger partial charge in [0.25, 0.3) is 5.91 Å². The Bertz CT molecular complexity index is 485. The molecular weight excluding hydrogens is 266 g/mol. The van der Waals surface area contributed by atoms with Crippen molar-refractivity contribution in [2.24, 2.45) is 0 Å². The minimum Gasteiger partial charge on any atom is -0.483 e. The van der Waals surface area contributed by atoms with Gasteiger partial charge in [-0.25, -0.2) is 0 Å². The van der Waals surface area contributed by atoms with Gasteiger partial charge in [0.05, 0.1) is 0 Å². The molecule has 1 atom stereocenters. The number of carbonyl (C=O) groups excluding carboxylic acids is 1. The summed E-state index contributed by atoms with van der Waals surface area (Å²) in [6, 6.07) is 6.04. The van der Waals surface area contributed by atoms with Crippen LogP contribution in [0.1, 0.15) is 36.8 Å². The molecular formula is C17H25NO3. The minimum atomic E-state index is 0.0223. The van der Waals surface area contributed by atoms with Crippen LogP contribution in [0.15, 0.2) is 18.2 Å². The molecule has 0 saturated carbocycles. The lowest BCUT2D eigenvalue weighted by Gasteiger charge is -2.35. The van der Waals surface area contributed by atoms with Crippen molar-refractivity contribution in [1.82, 2.24) is 4.90 Å². The van der Waals surface area contributed by atoms with Crippen molar-refractivity contribution < 1.29 is 14.6 Å². The molecule has 1 aliphatic heterocycles. The number of nitrogens with zero attached hydrogens (tertiary/aromatic N) is 1. The van der Waals surface area contributed by atoms with Crippen LogP contribution >= 0.6 is 0 Å². The predicted molar refractivity (Wildman–Crippen MR) is 82.5 cm³/mol. The third-order valence-corrected chi connectivity index (χ3v) is 4.32. The van der Waals surface area contributed by atoms with Gasteiger partial charge in [-0.15, -0.1) is 0 Å². The average Bonchev–Trinajstić information content (AvgIpc) is 2.49. The smallest absolute Gasteiger partial charge is 0.260 e. The summed E-state index contributed by atoms with van der Waals surface area (Å²) in [7, 11) is 0. The Morgan fingerprint density at radius 2 is 2.19 bits per heavy atom. The fraction of sp³-hybridized carbons (Fsp3) is 0.588. The van der Waals surface area contributed by atoms with E-state index in [1.165, 1.54) is 0 Å². The quantitative estimate of drug-likeness (QED) is 0.906. The number of ether oxygens (including phenoxy) is 1. The Morgan fingerprint density at radius 1 is 1.38 bits per heavy atom. The van der Waals surface area contributed by atoms with E-state index in [2.05, 4.69) is 0 Å². The zero-order valence-electron chi connectivity index (χ0n) is 13.0. The summed E-state index contributed by atoms with van der Waals surface area (Å²) in [6.07, 6.45) is 3.81. The van der Waals surface area contributed by atoms with Gasteiger partial charge in [0.15, 0.2) is 6.61 Å². The lowest BCUT2D eigenvalue weighted by molar-refractivity contribution is -0.137. The van der Waals surface area contributed by atoms with Gasteiger partial charge in [0.1, 0.15) is 5.75 Å². The lowest BCUT2D eigenvalue weighted by atomic mass is 9.99. The van der Waals surface area contributed by atoms with Gasteiger partial charge in [-0.3, -0.25) is 4.79 Å². The molecule has 0 radical (unpaired) electrons.